The van der Waals surface area contributed by atoms with Gasteiger partial charge in [-0.1, -0.05) is 44.2 Å². The topological polar surface area (TPSA) is 24.5 Å². The van der Waals surface area contributed by atoms with Gasteiger partial charge in [-0.2, -0.15) is 0 Å². The van der Waals surface area contributed by atoms with Gasteiger partial charge in [0.15, 0.2) is 0 Å². The van der Waals surface area contributed by atoms with Gasteiger partial charge >= 0.3 is 0 Å². The summed E-state index contributed by atoms with van der Waals surface area (Å²) in [5.74, 6) is 0. The lowest BCUT2D eigenvalue weighted by Crippen LogP contribution is -2.45. The number of hydrogen-bond donors (Lipinski definition) is 1. The molecule has 21 heavy (non-hydrogen) atoms. The van der Waals surface area contributed by atoms with Crippen molar-refractivity contribution in [3.8, 4) is 0 Å². The molecule has 0 spiro atoms. The van der Waals surface area contributed by atoms with Crippen LogP contribution in [0.2, 0.25) is 0 Å². The van der Waals surface area contributed by atoms with E-state index in [9.17, 15) is 0 Å². The summed E-state index contributed by atoms with van der Waals surface area (Å²) in [6, 6.07) is 11.6. The van der Waals surface area contributed by atoms with Crippen LogP contribution in [0.5, 0.6) is 0 Å². The van der Waals surface area contributed by atoms with Crippen molar-refractivity contribution in [2.75, 3.05) is 26.2 Å². The standard InChI is InChI=1S/C18H30N2O/c1-4-19-18(16-10-7-6-8-11-16)15(3)20(5-2)14-17-12-9-13-21-17/h6-8,10-11,15,17-19H,4-5,9,12-14H2,1-3H3. The van der Waals surface area contributed by atoms with Crippen molar-refractivity contribution < 1.29 is 4.74 Å². The van der Waals surface area contributed by atoms with E-state index >= 15 is 0 Å². The normalized spacial score (nSPS) is 21.6. The molecule has 0 amide bonds. The third kappa shape index (κ3) is 4.53. The molecule has 1 heterocycles. The highest BCUT2D eigenvalue weighted by Gasteiger charge is 2.26. The molecule has 0 saturated carbocycles. The van der Waals surface area contributed by atoms with Gasteiger partial charge < -0.3 is 10.1 Å². The van der Waals surface area contributed by atoms with Gasteiger partial charge in [0.25, 0.3) is 0 Å². The molecule has 1 aromatic rings. The summed E-state index contributed by atoms with van der Waals surface area (Å²) in [5, 5.41) is 3.66. The molecule has 118 valence electrons. The molecule has 2 rings (SSSR count). The van der Waals surface area contributed by atoms with Gasteiger partial charge in [-0.3, -0.25) is 4.90 Å². The third-order valence-corrected chi connectivity index (χ3v) is 4.51. The molecular formula is C18H30N2O. The van der Waals surface area contributed by atoms with Crippen molar-refractivity contribution in [1.82, 2.24) is 10.2 Å². The van der Waals surface area contributed by atoms with Crippen LogP contribution in [0.4, 0.5) is 0 Å². The van der Waals surface area contributed by atoms with Gasteiger partial charge in [0.05, 0.1) is 6.10 Å². The first-order valence-electron chi connectivity index (χ1n) is 8.40. The first-order valence-corrected chi connectivity index (χ1v) is 8.40. The molecule has 1 saturated heterocycles. The van der Waals surface area contributed by atoms with Crippen molar-refractivity contribution in [3.05, 3.63) is 35.9 Å². The minimum Gasteiger partial charge on any atom is -0.377 e. The molecule has 1 aromatic carbocycles. The van der Waals surface area contributed by atoms with Crippen molar-refractivity contribution in [2.24, 2.45) is 0 Å². The van der Waals surface area contributed by atoms with Gasteiger partial charge in [-0.05, 0) is 38.4 Å². The Morgan fingerprint density at radius 3 is 2.62 bits per heavy atom. The molecule has 3 heteroatoms. The quantitative estimate of drug-likeness (QED) is 0.795. The fourth-order valence-corrected chi connectivity index (χ4v) is 3.29. The van der Waals surface area contributed by atoms with Crippen LogP contribution >= 0.6 is 0 Å². The Balaban J connectivity index is 2.05. The maximum atomic E-state index is 5.82. The van der Waals surface area contributed by atoms with Gasteiger partial charge in [-0.25, -0.2) is 0 Å². The van der Waals surface area contributed by atoms with E-state index in [1.54, 1.807) is 0 Å². The molecule has 3 nitrogen and oxygen atoms in total. The highest BCUT2D eigenvalue weighted by Crippen LogP contribution is 2.23. The zero-order chi connectivity index (χ0) is 15.1. The molecule has 1 fully saturated rings. The first kappa shape index (κ1) is 16.5. The predicted octanol–water partition coefficient (Wildman–Crippen LogP) is 3.23. The Hall–Kier alpha value is -0.900. The van der Waals surface area contributed by atoms with Crippen LogP contribution in [0.15, 0.2) is 30.3 Å². The number of nitrogens with one attached hydrogen (secondary N) is 1. The number of benzene rings is 1. The second-order valence-corrected chi connectivity index (χ2v) is 5.91. The van der Waals surface area contributed by atoms with Crippen LogP contribution in [0.3, 0.4) is 0 Å². The van der Waals surface area contributed by atoms with E-state index < -0.39 is 0 Å². The van der Waals surface area contributed by atoms with E-state index in [0.717, 1.165) is 26.2 Å². The highest BCUT2D eigenvalue weighted by molar-refractivity contribution is 5.20. The molecule has 3 atom stereocenters. The minimum atomic E-state index is 0.373. The van der Waals surface area contributed by atoms with Crippen LogP contribution in [-0.4, -0.2) is 43.3 Å². The van der Waals surface area contributed by atoms with Crippen molar-refractivity contribution in [2.45, 2.75) is 51.8 Å². The largest absolute Gasteiger partial charge is 0.377 e. The van der Waals surface area contributed by atoms with Gasteiger partial charge in [-0.15, -0.1) is 0 Å². The lowest BCUT2D eigenvalue weighted by atomic mass is 9.98. The van der Waals surface area contributed by atoms with Crippen molar-refractivity contribution in [3.63, 3.8) is 0 Å². The average molecular weight is 290 g/mol. The first-order chi connectivity index (χ1) is 10.3. The van der Waals surface area contributed by atoms with E-state index in [1.807, 2.05) is 0 Å². The Morgan fingerprint density at radius 1 is 1.29 bits per heavy atom. The number of likely N-dealkylation sites (N-methyl/N-ethyl adjacent to an activating group) is 2. The summed E-state index contributed by atoms with van der Waals surface area (Å²) in [7, 11) is 0. The fraction of sp³-hybridized carbons (Fsp3) is 0.667. The SMILES string of the molecule is CCNC(c1ccccc1)C(C)N(CC)CC1CCCO1. The molecule has 0 radical (unpaired) electrons. The minimum absolute atomic E-state index is 0.373. The van der Waals surface area contributed by atoms with Crippen LogP contribution in [0.25, 0.3) is 0 Å². The molecule has 3 unspecified atom stereocenters. The summed E-state index contributed by atoms with van der Waals surface area (Å²) in [6.07, 6.45) is 2.84. The van der Waals surface area contributed by atoms with E-state index in [2.05, 4.69) is 61.3 Å². The summed E-state index contributed by atoms with van der Waals surface area (Å²) in [6.45, 7) is 10.8. The Morgan fingerprint density at radius 2 is 2.05 bits per heavy atom. The second-order valence-electron chi connectivity index (χ2n) is 5.91. The van der Waals surface area contributed by atoms with E-state index in [1.165, 1.54) is 18.4 Å². The number of hydrogen-bond acceptors (Lipinski definition) is 3. The maximum Gasteiger partial charge on any atom is 0.0702 e. The van der Waals surface area contributed by atoms with Gasteiger partial charge in [0.1, 0.15) is 0 Å². The molecule has 0 bridgehead atoms. The molecule has 0 aliphatic carbocycles. The lowest BCUT2D eigenvalue weighted by Gasteiger charge is -2.36. The van der Waals surface area contributed by atoms with E-state index in [4.69, 9.17) is 4.74 Å². The molecule has 1 aliphatic heterocycles. The third-order valence-electron chi connectivity index (χ3n) is 4.51. The number of rotatable bonds is 8. The van der Waals surface area contributed by atoms with Crippen LogP contribution in [-0.2, 0) is 4.74 Å². The summed E-state index contributed by atoms with van der Waals surface area (Å²) in [5.41, 5.74) is 1.37. The Kier molecular flexibility index (Phi) is 6.68. The second kappa shape index (κ2) is 8.52. The Labute approximate surface area is 129 Å². The zero-order valence-corrected chi connectivity index (χ0v) is 13.7. The van der Waals surface area contributed by atoms with Gasteiger partial charge in [0, 0.05) is 25.2 Å². The fourth-order valence-electron chi connectivity index (χ4n) is 3.29. The van der Waals surface area contributed by atoms with E-state index in [-0.39, 0.29) is 0 Å². The molecule has 1 N–H and O–H groups in total. The molecule has 0 aromatic heterocycles. The number of ether oxygens (including phenoxy) is 1. The highest BCUT2D eigenvalue weighted by atomic mass is 16.5. The maximum absolute atomic E-state index is 5.82. The predicted molar refractivity (Wildman–Crippen MR) is 88.5 cm³/mol. The summed E-state index contributed by atoms with van der Waals surface area (Å²) in [4.78, 5) is 2.55. The van der Waals surface area contributed by atoms with Crippen LogP contribution < -0.4 is 5.32 Å². The van der Waals surface area contributed by atoms with Crippen LogP contribution in [0.1, 0.15) is 45.2 Å². The van der Waals surface area contributed by atoms with E-state index in [0.29, 0.717) is 18.2 Å². The summed E-state index contributed by atoms with van der Waals surface area (Å²) >= 11 is 0. The Bertz CT molecular complexity index is 389. The average Bonchev–Trinajstić information content (AvgIpc) is 3.03. The lowest BCUT2D eigenvalue weighted by molar-refractivity contribution is 0.0545. The summed E-state index contributed by atoms with van der Waals surface area (Å²) < 4.78 is 5.82. The van der Waals surface area contributed by atoms with Gasteiger partial charge in [0.2, 0.25) is 0 Å². The van der Waals surface area contributed by atoms with Crippen LogP contribution in [0, 0.1) is 0 Å². The molecular weight excluding hydrogens is 260 g/mol. The zero-order valence-electron chi connectivity index (χ0n) is 13.7. The van der Waals surface area contributed by atoms with Crippen molar-refractivity contribution >= 4 is 0 Å². The smallest absolute Gasteiger partial charge is 0.0702 e. The van der Waals surface area contributed by atoms with Crippen molar-refractivity contribution in [1.29, 1.82) is 0 Å². The monoisotopic (exact) mass is 290 g/mol. The number of nitrogens with zero attached hydrogens (tertiary/aromatic N) is 1. The molecule has 1 aliphatic rings.